The summed E-state index contributed by atoms with van der Waals surface area (Å²) >= 11 is 0. The molecule has 5 rings (SSSR count). The molecule has 1 heterocycles. The van der Waals surface area contributed by atoms with Crippen molar-refractivity contribution in [1.82, 2.24) is 9.88 Å². The Morgan fingerprint density at radius 2 is 1.94 bits per heavy atom. The summed E-state index contributed by atoms with van der Waals surface area (Å²) in [6.07, 6.45) is 13.2. The Balaban J connectivity index is 1.15. The minimum atomic E-state index is -0.0767. The highest BCUT2D eigenvalue weighted by atomic mass is 16.6. The molecule has 4 saturated carbocycles. The Morgan fingerprint density at radius 3 is 2.76 bits per heavy atom. The maximum absolute atomic E-state index is 10.7. The molecule has 6 nitrogen and oxygen atoms in total. The topological polar surface area (TPSA) is 71.1 Å². The quantitative estimate of drug-likeness (QED) is 0.478. The molecule has 0 saturated heterocycles. The monoisotopic (exact) mass is 457 g/mol. The average molecular weight is 458 g/mol. The van der Waals surface area contributed by atoms with Crippen molar-refractivity contribution in [2.24, 2.45) is 39.7 Å². The van der Waals surface area contributed by atoms with Gasteiger partial charge in [0.1, 0.15) is 12.4 Å². The molecular weight excluding hydrogens is 414 g/mol. The number of oxazole rings is 1. The number of rotatable bonds is 6. The largest absolute Gasteiger partial charge is 0.444 e. The lowest BCUT2D eigenvalue weighted by Gasteiger charge is -2.60. The number of hydrogen-bond donors (Lipinski definition) is 1. The summed E-state index contributed by atoms with van der Waals surface area (Å²) in [5.74, 6) is 4.71. The third-order valence-electron chi connectivity index (χ3n) is 10.1. The molecule has 6 heteroatoms. The molecule has 4 aliphatic rings. The van der Waals surface area contributed by atoms with E-state index in [1.807, 2.05) is 14.1 Å². The van der Waals surface area contributed by atoms with Crippen molar-refractivity contribution in [1.29, 1.82) is 0 Å². The number of oxime groups is 1. The summed E-state index contributed by atoms with van der Waals surface area (Å²) in [5, 5.41) is 15.2. The lowest BCUT2D eigenvalue weighted by atomic mass is 9.45. The first-order valence-electron chi connectivity index (χ1n) is 13.2. The van der Waals surface area contributed by atoms with E-state index in [9.17, 15) is 5.11 Å². The predicted molar refractivity (Wildman–Crippen MR) is 129 cm³/mol. The van der Waals surface area contributed by atoms with Gasteiger partial charge in [-0.05, 0) is 106 Å². The molecule has 0 amide bonds. The van der Waals surface area contributed by atoms with E-state index in [0.717, 1.165) is 61.1 Å². The molecule has 4 aliphatic carbocycles. The second-order valence-electron chi connectivity index (χ2n) is 12.2. The van der Waals surface area contributed by atoms with E-state index in [2.05, 4.69) is 28.9 Å². The first-order valence-corrected chi connectivity index (χ1v) is 13.2. The van der Waals surface area contributed by atoms with Gasteiger partial charge in [-0.25, -0.2) is 4.98 Å². The molecule has 7 atom stereocenters. The molecule has 0 aromatic carbocycles. The van der Waals surface area contributed by atoms with E-state index < -0.39 is 0 Å². The molecular formula is C27H43N3O3. The Morgan fingerprint density at radius 1 is 1.12 bits per heavy atom. The first kappa shape index (κ1) is 23.3. The lowest BCUT2D eigenvalue weighted by molar-refractivity contribution is -0.112. The highest BCUT2D eigenvalue weighted by molar-refractivity contribution is 5.85. The molecule has 184 valence electrons. The molecule has 33 heavy (non-hydrogen) atoms. The third-order valence-corrected chi connectivity index (χ3v) is 10.1. The molecule has 6 unspecified atom stereocenters. The lowest BCUT2D eigenvalue weighted by Crippen LogP contribution is -2.54. The van der Waals surface area contributed by atoms with E-state index in [0.29, 0.717) is 18.4 Å². The third kappa shape index (κ3) is 4.27. The van der Waals surface area contributed by atoms with E-state index in [4.69, 9.17) is 9.25 Å². The molecule has 1 N–H and O–H groups in total. The molecule has 1 aromatic rings. The maximum Gasteiger partial charge on any atom is 0.197 e. The van der Waals surface area contributed by atoms with Crippen LogP contribution >= 0.6 is 0 Å². The van der Waals surface area contributed by atoms with Gasteiger partial charge in [-0.2, -0.15) is 0 Å². The van der Waals surface area contributed by atoms with Crippen LogP contribution in [0.2, 0.25) is 0 Å². The van der Waals surface area contributed by atoms with Crippen molar-refractivity contribution < 1.29 is 14.4 Å². The number of fused-ring (bicyclic) bond motifs is 5. The van der Waals surface area contributed by atoms with Crippen molar-refractivity contribution in [3.05, 3.63) is 17.8 Å². The van der Waals surface area contributed by atoms with Crippen LogP contribution in [0, 0.1) is 34.5 Å². The predicted octanol–water partition coefficient (Wildman–Crippen LogP) is 5.05. The van der Waals surface area contributed by atoms with Crippen molar-refractivity contribution in [2.75, 3.05) is 20.7 Å². The summed E-state index contributed by atoms with van der Waals surface area (Å²) in [7, 11) is 4.04. The Bertz CT molecular complexity index is 867. The fourth-order valence-electron chi connectivity index (χ4n) is 8.23. The Labute approximate surface area is 199 Å². The molecule has 0 radical (unpaired) electrons. The van der Waals surface area contributed by atoms with Crippen LogP contribution in [-0.2, 0) is 17.8 Å². The van der Waals surface area contributed by atoms with Gasteiger partial charge in [-0.1, -0.05) is 19.0 Å². The second kappa shape index (κ2) is 8.99. The van der Waals surface area contributed by atoms with Crippen LogP contribution in [0.15, 0.2) is 15.8 Å². The number of aliphatic hydroxyl groups excluding tert-OH is 1. The smallest absolute Gasteiger partial charge is 0.197 e. The molecule has 4 fully saturated rings. The number of nitrogens with zero attached hydrogens (tertiary/aromatic N) is 3. The zero-order chi connectivity index (χ0) is 23.2. The minimum Gasteiger partial charge on any atom is -0.444 e. The van der Waals surface area contributed by atoms with Crippen LogP contribution in [0.1, 0.15) is 83.3 Å². The molecule has 0 aliphatic heterocycles. The van der Waals surface area contributed by atoms with Crippen LogP contribution in [0.25, 0.3) is 0 Å². The van der Waals surface area contributed by atoms with Crippen molar-refractivity contribution >= 4 is 5.71 Å². The standard InChI is InChI=1S/C27H43N3O3/c1-26-12-9-19(29-32-14-11-25-28-16-20(33-25)17-30(3)4)15-18(26)5-6-21-22-7-8-24(31)27(22,2)13-10-23(21)26/h16,18,21-24,31H,5-15,17H2,1-4H3/t18?,21?,22?,23-,24?,26?,27?/m0/s1. The minimum absolute atomic E-state index is 0.0767. The van der Waals surface area contributed by atoms with Gasteiger partial charge in [-0.3, -0.25) is 0 Å². The van der Waals surface area contributed by atoms with E-state index in [1.54, 1.807) is 6.20 Å². The Kier molecular flexibility index (Phi) is 6.36. The SMILES string of the molecule is CN(C)Cc1cnc(CCON=C2CCC3(C)C(CCC4C5CCC(O)C5(C)CC[C@@H]43)C2)o1. The van der Waals surface area contributed by atoms with Crippen molar-refractivity contribution in [3.8, 4) is 0 Å². The number of aromatic nitrogens is 1. The van der Waals surface area contributed by atoms with Crippen LogP contribution in [-0.4, -0.2) is 47.5 Å². The van der Waals surface area contributed by atoms with Crippen LogP contribution < -0.4 is 0 Å². The highest BCUT2D eigenvalue weighted by Gasteiger charge is 2.59. The average Bonchev–Trinajstić information content (AvgIpc) is 3.34. The first-order chi connectivity index (χ1) is 15.8. The normalized spacial score (nSPS) is 41.6. The van der Waals surface area contributed by atoms with Crippen LogP contribution in [0.4, 0.5) is 0 Å². The Hall–Kier alpha value is -1.40. The van der Waals surface area contributed by atoms with Gasteiger partial charge < -0.3 is 19.3 Å². The second-order valence-corrected chi connectivity index (χ2v) is 12.2. The van der Waals surface area contributed by atoms with Gasteiger partial charge in [0.15, 0.2) is 5.89 Å². The summed E-state index contributed by atoms with van der Waals surface area (Å²) in [4.78, 5) is 12.1. The zero-order valence-corrected chi connectivity index (χ0v) is 21.1. The van der Waals surface area contributed by atoms with E-state index in [-0.39, 0.29) is 11.5 Å². The van der Waals surface area contributed by atoms with Crippen LogP contribution in [0.3, 0.4) is 0 Å². The highest BCUT2D eigenvalue weighted by Crippen LogP contribution is 2.65. The van der Waals surface area contributed by atoms with Crippen LogP contribution in [0.5, 0.6) is 0 Å². The van der Waals surface area contributed by atoms with Gasteiger partial charge in [0.2, 0.25) is 0 Å². The molecule has 0 spiro atoms. The van der Waals surface area contributed by atoms with Crippen molar-refractivity contribution in [2.45, 2.75) is 90.7 Å². The van der Waals surface area contributed by atoms with E-state index in [1.165, 1.54) is 44.2 Å². The zero-order valence-electron chi connectivity index (χ0n) is 21.1. The fraction of sp³-hybridized carbons (Fsp3) is 0.852. The van der Waals surface area contributed by atoms with Gasteiger partial charge in [0.25, 0.3) is 0 Å². The van der Waals surface area contributed by atoms with Gasteiger partial charge in [0, 0.05) is 0 Å². The fourth-order valence-corrected chi connectivity index (χ4v) is 8.23. The maximum atomic E-state index is 10.7. The number of aliphatic hydroxyl groups is 1. The van der Waals surface area contributed by atoms with Gasteiger partial charge >= 0.3 is 0 Å². The summed E-state index contributed by atoms with van der Waals surface area (Å²) in [6, 6.07) is 0. The molecule has 1 aromatic heterocycles. The van der Waals surface area contributed by atoms with Gasteiger partial charge in [0.05, 0.1) is 31.0 Å². The number of hydrogen-bond acceptors (Lipinski definition) is 6. The van der Waals surface area contributed by atoms with Gasteiger partial charge in [-0.15, -0.1) is 0 Å². The molecule has 0 bridgehead atoms. The summed E-state index contributed by atoms with van der Waals surface area (Å²) in [6.45, 7) is 6.23. The summed E-state index contributed by atoms with van der Waals surface area (Å²) in [5.41, 5.74) is 1.85. The van der Waals surface area contributed by atoms with E-state index >= 15 is 0 Å². The van der Waals surface area contributed by atoms with Crippen molar-refractivity contribution in [3.63, 3.8) is 0 Å². The summed E-state index contributed by atoms with van der Waals surface area (Å²) < 4.78 is 5.77.